The predicted molar refractivity (Wildman–Crippen MR) is 110 cm³/mol. The number of carbonyl (C=O) groups is 1. The van der Waals surface area contributed by atoms with Crippen molar-refractivity contribution in [3.63, 3.8) is 0 Å². The van der Waals surface area contributed by atoms with Crippen LogP contribution in [-0.4, -0.2) is 25.6 Å². The highest BCUT2D eigenvalue weighted by molar-refractivity contribution is 9.10. The van der Waals surface area contributed by atoms with Gasteiger partial charge in [-0.1, -0.05) is 15.9 Å². The van der Waals surface area contributed by atoms with Crippen LogP contribution in [0.1, 0.15) is 5.56 Å². The number of aryl methyl sites for hydroxylation is 1. The van der Waals surface area contributed by atoms with E-state index >= 15 is 0 Å². The number of hydrogen-bond donors (Lipinski definition) is 1. The number of hydrogen-bond acceptors (Lipinski definition) is 6. The lowest BCUT2D eigenvalue weighted by molar-refractivity contribution is -0.384. The van der Waals surface area contributed by atoms with Crippen LogP contribution in [0.4, 0.5) is 11.4 Å². The van der Waals surface area contributed by atoms with Gasteiger partial charge in [-0.3, -0.25) is 14.9 Å². The zero-order valence-electron chi connectivity index (χ0n) is 14.6. The second-order valence-electron chi connectivity index (χ2n) is 5.64. The smallest absolute Gasteiger partial charge is 0.269 e. The minimum absolute atomic E-state index is 0.00109. The molecule has 0 aliphatic heterocycles. The number of aromatic nitrogens is 3. The fourth-order valence-electron chi connectivity index (χ4n) is 2.21. The lowest BCUT2D eigenvalue weighted by Crippen LogP contribution is -2.08. The van der Waals surface area contributed by atoms with Gasteiger partial charge in [0.05, 0.1) is 10.6 Å². The first-order chi connectivity index (χ1) is 13.4. The van der Waals surface area contributed by atoms with Crippen LogP contribution >= 0.6 is 27.7 Å². The monoisotopic (exact) mass is 459 g/mol. The Morgan fingerprint density at radius 1 is 1.29 bits per heavy atom. The molecule has 1 N–H and O–H groups in total. The summed E-state index contributed by atoms with van der Waals surface area (Å²) in [7, 11) is 1.84. The van der Waals surface area contributed by atoms with E-state index in [0.717, 1.165) is 9.37 Å². The quantitative estimate of drug-likeness (QED) is 0.335. The normalized spacial score (nSPS) is 10.9. The van der Waals surface area contributed by atoms with Crippen molar-refractivity contribution in [2.24, 2.45) is 7.05 Å². The van der Waals surface area contributed by atoms with E-state index in [1.54, 1.807) is 35.2 Å². The highest BCUT2D eigenvalue weighted by Crippen LogP contribution is 2.34. The molecule has 0 fully saturated rings. The summed E-state index contributed by atoms with van der Waals surface area (Å²) in [4.78, 5) is 23.4. The van der Waals surface area contributed by atoms with Crippen molar-refractivity contribution in [2.45, 2.75) is 10.1 Å². The molecule has 10 heteroatoms. The molecule has 0 aliphatic carbocycles. The van der Waals surface area contributed by atoms with Crippen LogP contribution in [0.25, 0.3) is 6.08 Å². The molecule has 0 saturated carbocycles. The van der Waals surface area contributed by atoms with Gasteiger partial charge >= 0.3 is 0 Å². The predicted octanol–water partition coefficient (Wildman–Crippen LogP) is 4.29. The molecule has 0 spiro atoms. The number of carbonyl (C=O) groups excluding carboxylic acids is 1. The van der Waals surface area contributed by atoms with E-state index in [1.807, 2.05) is 19.2 Å². The van der Waals surface area contributed by atoms with Crippen molar-refractivity contribution in [2.75, 3.05) is 5.32 Å². The number of amides is 1. The molecule has 2 aromatic carbocycles. The first-order valence-corrected chi connectivity index (χ1v) is 9.58. The van der Waals surface area contributed by atoms with Gasteiger partial charge < -0.3 is 9.88 Å². The molecule has 0 radical (unpaired) electrons. The molecule has 1 aromatic heterocycles. The van der Waals surface area contributed by atoms with Crippen molar-refractivity contribution < 1.29 is 9.72 Å². The number of non-ortho nitro benzene ring substituents is 1. The van der Waals surface area contributed by atoms with Gasteiger partial charge in [0.25, 0.3) is 5.69 Å². The van der Waals surface area contributed by atoms with E-state index in [9.17, 15) is 14.9 Å². The van der Waals surface area contributed by atoms with E-state index in [2.05, 4.69) is 31.4 Å². The van der Waals surface area contributed by atoms with Gasteiger partial charge in [0.2, 0.25) is 5.91 Å². The molecule has 8 nitrogen and oxygen atoms in total. The van der Waals surface area contributed by atoms with Crippen LogP contribution in [-0.2, 0) is 11.8 Å². The Kier molecular flexibility index (Phi) is 6.22. The molecule has 1 amide bonds. The number of halogens is 1. The summed E-state index contributed by atoms with van der Waals surface area (Å²) in [6.45, 7) is 0. The number of anilines is 1. The number of nitro benzene ring substituents is 1. The maximum absolute atomic E-state index is 12.3. The van der Waals surface area contributed by atoms with E-state index < -0.39 is 4.92 Å². The van der Waals surface area contributed by atoms with Crippen LogP contribution < -0.4 is 5.32 Å². The van der Waals surface area contributed by atoms with Crippen molar-refractivity contribution in [3.05, 3.63) is 75.0 Å². The maximum atomic E-state index is 12.3. The molecule has 3 aromatic rings. The van der Waals surface area contributed by atoms with Gasteiger partial charge in [0.1, 0.15) is 6.33 Å². The SMILES string of the molecule is Cn1cnnc1Sc1ccc(Br)cc1NC(=O)C=Cc1ccc([N+](=O)[O-])cc1. The van der Waals surface area contributed by atoms with Crippen molar-refractivity contribution in [1.82, 2.24) is 14.8 Å². The fourth-order valence-corrected chi connectivity index (χ4v) is 3.40. The average Bonchev–Trinajstić information content (AvgIpc) is 3.07. The second-order valence-corrected chi connectivity index (χ2v) is 7.56. The third kappa shape index (κ3) is 5.05. The molecule has 142 valence electrons. The van der Waals surface area contributed by atoms with Crippen LogP contribution in [0.5, 0.6) is 0 Å². The summed E-state index contributed by atoms with van der Waals surface area (Å²) in [5.74, 6) is -0.323. The van der Waals surface area contributed by atoms with Gasteiger partial charge in [-0.15, -0.1) is 10.2 Å². The average molecular weight is 460 g/mol. The first kappa shape index (κ1) is 19.8. The summed E-state index contributed by atoms with van der Waals surface area (Å²) in [5, 5.41) is 22.1. The van der Waals surface area contributed by atoms with Gasteiger partial charge in [-0.25, -0.2) is 0 Å². The number of nitrogens with one attached hydrogen (secondary N) is 1. The molecular weight excluding hydrogens is 446 g/mol. The van der Waals surface area contributed by atoms with Crippen molar-refractivity contribution >= 4 is 51.0 Å². The van der Waals surface area contributed by atoms with Gasteiger partial charge in [-0.2, -0.15) is 0 Å². The highest BCUT2D eigenvalue weighted by atomic mass is 79.9. The van der Waals surface area contributed by atoms with Crippen molar-refractivity contribution in [1.29, 1.82) is 0 Å². The van der Waals surface area contributed by atoms with Crippen LogP contribution in [0.2, 0.25) is 0 Å². The molecule has 0 saturated heterocycles. The zero-order chi connectivity index (χ0) is 20.1. The summed E-state index contributed by atoms with van der Waals surface area (Å²) < 4.78 is 2.61. The standard InChI is InChI=1S/C18H14BrN5O3S/c1-23-11-20-22-18(23)28-16-8-5-13(19)10-15(16)21-17(25)9-4-12-2-6-14(7-3-12)24(26)27/h2-11H,1H3,(H,21,25). The van der Waals surface area contributed by atoms with Gasteiger partial charge in [-0.05, 0) is 53.7 Å². The molecular formula is C18H14BrN5O3S. The minimum Gasteiger partial charge on any atom is -0.321 e. The molecule has 0 atom stereocenters. The zero-order valence-corrected chi connectivity index (χ0v) is 17.0. The number of rotatable bonds is 6. The number of nitro groups is 1. The van der Waals surface area contributed by atoms with Crippen molar-refractivity contribution in [3.8, 4) is 0 Å². The fraction of sp³-hybridized carbons (Fsp3) is 0.0556. The molecule has 0 aliphatic rings. The Morgan fingerprint density at radius 2 is 2.04 bits per heavy atom. The number of nitrogens with zero attached hydrogens (tertiary/aromatic N) is 4. The third-order valence-electron chi connectivity index (χ3n) is 3.60. The Hall–Kier alpha value is -2.98. The molecule has 28 heavy (non-hydrogen) atoms. The van der Waals surface area contributed by atoms with E-state index in [1.165, 1.54) is 30.0 Å². The Labute approximate surface area is 172 Å². The summed E-state index contributed by atoms with van der Waals surface area (Å²) in [6, 6.07) is 11.5. The van der Waals surface area contributed by atoms with Crippen LogP contribution in [0.3, 0.4) is 0 Å². The topological polar surface area (TPSA) is 103 Å². The Balaban J connectivity index is 1.73. The Morgan fingerprint density at radius 3 is 2.68 bits per heavy atom. The maximum Gasteiger partial charge on any atom is 0.269 e. The lowest BCUT2D eigenvalue weighted by Gasteiger charge is -2.10. The minimum atomic E-state index is -0.468. The lowest BCUT2D eigenvalue weighted by atomic mass is 10.2. The number of benzene rings is 2. The van der Waals surface area contributed by atoms with E-state index in [0.29, 0.717) is 16.4 Å². The van der Waals surface area contributed by atoms with Gasteiger partial charge in [0.15, 0.2) is 5.16 Å². The molecule has 3 rings (SSSR count). The van der Waals surface area contributed by atoms with Crippen LogP contribution in [0.15, 0.2) is 69.4 Å². The molecule has 0 unspecified atom stereocenters. The highest BCUT2D eigenvalue weighted by Gasteiger charge is 2.11. The van der Waals surface area contributed by atoms with E-state index in [4.69, 9.17) is 0 Å². The summed E-state index contributed by atoms with van der Waals surface area (Å²) in [6.07, 6.45) is 4.57. The Bertz CT molecular complexity index is 1050. The van der Waals surface area contributed by atoms with Crippen LogP contribution in [0, 0.1) is 10.1 Å². The molecule has 0 bridgehead atoms. The first-order valence-electron chi connectivity index (χ1n) is 7.97. The summed E-state index contributed by atoms with van der Waals surface area (Å²) in [5.41, 5.74) is 1.31. The second kappa shape index (κ2) is 8.81. The van der Waals surface area contributed by atoms with Gasteiger partial charge in [0, 0.05) is 34.6 Å². The summed E-state index contributed by atoms with van der Waals surface area (Å²) >= 11 is 4.79. The van der Waals surface area contributed by atoms with E-state index in [-0.39, 0.29) is 11.6 Å². The largest absolute Gasteiger partial charge is 0.321 e. The third-order valence-corrected chi connectivity index (χ3v) is 5.22. The molecule has 1 heterocycles.